The van der Waals surface area contributed by atoms with E-state index in [1.807, 2.05) is 6.92 Å². The Morgan fingerprint density at radius 2 is 2.00 bits per heavy atom. The fraction of sp³-hybridized carbons (Fsp3) is 0.923. The summed E-state index contributed by atoms with van der Waals surface area (Å²) in [6.07, 6.45) is 5.15. The van der Waals surface area contributed by atoms with Crippen LogP contribution in [0.25, 0.3) is 0 Å². The van der Waals surface area contributed by atoms with Gasteiger partial charge in [0.25, 0.3) is 0 Å². The van der Waals surface area contributed by atoms with Crippen molar-refractivity contribution in [1.82, 2.24) is 10.2 Å². The van der Waals surface area contributed by atoms with Crippen LogP contribution in [0.1, 0.15) is 32.6 Å². The van der Waals surface area contributed by atoms with E-state index in [2.05, 4.69) is 10.2 Å². The molecule has 1 unspecified atom stereocenters. The molecule has 0 aromatic heterocycles. The summed E-state index contributed by atoms with van der Waals surface area (Å²) in [7, 11) is 0. The number of nitrogens with one attached hydrogen (secondary N) is 1. The third-order valence-corrected chi connectivity index (χ3v) is 4.01. The Morgan fingerprint density at radius 3 is 2.53 bits per heavy atom. The Balaban J connectivity index is 1.81. The molecule has 4 nitrogen and oxygen atoms in total. The van der Waals surface area contributed by atoms with E-state index >= 15 is 0 Å². The smallest absolute Gasteiger partial charge is 0.221 e. The third kappa shape index (κ3) is 3.96. The highest BCUT2D eigenvalue weighted by molar-refractivity contribution is 5.76. The van der Waals surface area contributed by atoms with Crippen molar-refractivity contribution >= 4 is 5.91 Å². The van der Waals surface area contributed by atoms with Gasteiger partial charge in [0.2, 0.25) is 5.91 Å². The molecule has 3 N–H and O–H groups in total. The van der Waals surface area contributed by atoms with Gasteiger partial charge in [-0.1, -0.05) is 6.92 Å². The van der Waals surface area contributed by atoms with Crippen LogP contribution in [0.5, 0.6) is 0 Å². The maximum absolute atomic E-state index is 11.2. The van der Waals surface area contributed by atoms with Crippen LogP contribution in [0.4, 0.5) is 0 Å². The first-order valence-electron chi connectivity index (χ1n) is 6.91. The summed E-state index contributed by atoms with van der Waals surface area (Å²) >= 11 is 0. The van der Waals surface area contributed by atoms with Crippen molar-refractivity contribution < 1.29 is 4.79 Å². The fourth-order valence-corrected chi connectivity index (χ4v) is 2.65. The number of primary amides is 1. The number of carbonyl (C=O) groups is 1. The van der Waals surface area contributed by atoms with Crippen LogP contribution < -0.4 is 11.1 Å². The fourth-order valence-electron chi connectivity index (χ4n) is 2.65. The largest absolute Gasteiger partial charge is 0.369 e. The molecule has 2 rings (SSSR count). The first kappa shape index (κ1) is 12.8. The van der Waals surface area contributed by atoms with Gasteiger partial charge in [-0.3, -0.25) is 9.69 Å². The Morgan fingerprint density at radius 1 is 1.35 bits per heavy atom. The predicted octanol–water partition coefficient (Wildman–Crippen LogP) is 0.572. The molecule has 17 heavy (non-hydrogen) atoms. The number of carbonyl (C=O) groups excluding carboxylic acids is 1. The number of rotatable bonds is 6. The first-order valence-corrected chi connectivity index (χ1v) is 6.91. The van der Waals surface area contributed by atoms with Gasteiger partial charge >= 0.3 is 0 Å². The van der Waals surface area contributed by atoms with Crippen molar-refractivity contribution in [3.05, 3.63) is 0 Å². The zero-order valence-electron chi connectivity index (χ0n) is 10.8. The van der Waals surface area contributed by atoms with Gasteiger partial charge in [-0.15, -0.1) is 0 Å². The molecule has 1 heterocycles. The molecule has 2 aliphatic rings. The van der Waals surface area contributed by atoms with Gasteiger partial charge in [0.05, 0.1) is 0 Å². The molecule has 98 valence electrons. The maximum atomic E-state index is 11.2. The molecule has 1 amide bonds. The summed E-state index contributed by atoms with van der Waals surface area (Å²) in [5.41, 5.74) is 5.36. The SMILES string of the molecule is CC(CN(CC1CCNCC1)C1CC1)C(N)=O. The number of amides is 1. The lowest BCUT2D eigenvalue weighted by atomic mass is 9.97. The average Bonchev–Trinajstić information content (AvgIpc) is 3.13. The number of hydrogen-bond acceptors (Lipinski definition) is 3. The highest BCUT2D eigenvalue weighted by Gasteiger charge is 2.32. The number of hydrogen-bond donors (Lipinski definition) is 2. The van der Waals surface area contributed by atoms with Crippen LogP contribution in [0.15, 0.2) is 0 Å². The summed E-state index contributed by atoms with van der Waals surface area (Å²) in [5, 5.41) is 3.40. The highest BCUT2D eigenvalue weighted by atomic mass is 16.1. The van der Waals surface area contributed by atoms with Crippen molar-refractivity contribution in [2.45, 2.75) is 38.6 Å². The third-order valence-electron chi connectivity index (χ3n) is 4.01. The van der Waals surface area contributed by atoms with Gasteiger partial charge in [0.1, 0.15) is 0 Å². The topological polar surface area (TPSA) is 58.4 Å². The molecule has 0 spiro atoms. The second kappa shape index (κ2) is 5.83. The Hall–Kier alpha value is -0.610. The summed E-state index contributed by atoms with van der Waals surface area (Å²) < 4.78 is 0. The van der Waals surface area contributed by atoms with E-state index < -0.39 is 0 Å². The van der Waals surface area contributed by atoms with Crippen LogP contribution in [-0.4, -0.2) is 43.0 Å². The van der Waals surface area contributed by atoms with Crippen LogP contribution in [0.3, 0.4) is 0 Å². The van der Waals surface area contributed by atoms with Gasteiger partial charge in [0.15, 0.2) is 0 Å². The normalized spacial score (nSPS) is 23.9. The van der Waals surface area contributed by atoms with Gasteiger partial charge in [-0.2, -0.15) is 0 Å². The van der Waals surface area contributed by atoms with Crippen LogP contribution in [-0.2, 0) is 4.79 Å². The van der Waals surface area contributed by atoms with Crippen molar-refractivity contribution in [3.63, 3.8) is 0 Å². The van der Waals surface area contributed by atoms with E-state index in [1.54, 1.807) is 0 Å². The van der Waals surface area contributed by atoms with E-state index in [-0.39, 0.29) is 11.8 Å². The number of nitrogens with two attached hydrogens (primary N) is 1. The molecule has 0 aromatic carbocycles. The molecule has 1 saturated heterocycles. The minimum absolute atomic E-state index is 0.0164. The van der Waals surface area contributed by atoms with E-state index in [0.717, 1.165) is 38.1 Å². The van der Waals surface area contributed by atoms with Gasteiger partial charge in [0, 0.05) is 25.0 Å². The number of nitrogens with zero attached hydrogens (tertiary/aromatic N) is 1. The highest BCUT2D eigenvalue weighted by Crippen LogP contribution is 2.29. The second-order valence-corrected chi connectivity index (χ2v) is 5.68. The molecule has 2 fully saturated rings. The molecule has 1 saturated carbocycles. The average molecular weight is 239 g/mol. The summed E-state index contributed by atoms with van der Waals surface area (Å²) in [5.74, 6) is 0.621. The van der Waals surface area contributed by atoms with Gasteiger partial charge < -0.3 is 11.1 Å². The Labute approximate surface area is 104 Å². The molecule has 1 atom stereocenters. The molecule has 1 aliphatic carbocycles. The molecular weight excluding hydrogens is 214 g/mol. The van der Waals surface area contributed by atoms with Gasteiger partial charge in [-0.05, 0) is 44.7 Å². The quantitative estimate of drug-likeness (QED) is 0.712. The van der Waals surface area contributed by atoms with Crippen molar-refractivity contribution in [2.24, 2.45) is 17.6 Å². The standard InChI is InChI=1S/C13H25N3O/c1-10(13(14)17)8-16(12-2-3-12)9-11-4-6-15-7-5-11/h10-12,15H,2-9H2,1H3,(H2,14,17). The molecule has 4 heteroatoms. The number of piperidine rings is 1. The van der Waals surface area contributed by atoms with Crippen LogP contribution in [0, 0.1) is 11.8 Å². The monoisotopic (exact) mass is 239 g/mol. The van der Waals surface area contributed by atoms with E-state index in [0.29, 0.717) is 0 Å². The zero-order valence-corrected chi connectivity index (χ0v) is 10.8. The van der Waals surface area contributed by atoms with E-state index in [1.165, 1.54) is 25.7 Å². The lowest BCUT2D eigenvalue weighted by Gasteiger charge is -2.31. The van der Waals surface area contributed by atoms with Crippen molar-refractivity contribution in [1.29, 1.82) is 0 Å². The Bertz CT molecular complexity index is 259. The minimum Gasteiger partial charge on any atom is -0.369 e. The lowest BCUT2D eigenvalue weighted by Crippen LogP contribution is -2.41. The summed E-state index contributed by atoms with van der Waals surface area (Å²) in [6.45, 7) is 6.25. The van der Waals surface area contributed by atoms with E-state index in [9.17, 15) is 4.79 Å². The molecule has 0 aromatic rings. The Kier molecular flexibility index (Phi) is 4.40. The second-order valence-electron chi connectivity index (χ2n) is 5.68. The van der Waals surface area contributed by atoms with Gasteiger partial charge in [-0.25, -0.2) is 0 Å². The molecule has 1 aliphatic heterocycles. The van der Waals surface area contributed by atoms with Crippen molar-refractivity contribution in [2.75, 3.05) is 26.2 Å². The summed E-state index contributed by atoms with van der Waals surface area (Å²) in [6, 6.07) is 0.728. The van der Waals surface area contributed by atoms with Crippen LogP contribution in [0.2, 0.25) is 0 Å². The molecular formula is C13H25N3O. The molecule has 0 bridgehead atoms. The summed E-state index contributed by atoms with van der Waals surface area (Å²) in [4.78, 5) is 13.7. The molecule has 0 radical (unpaired) electrons. The van der Waals surface area contributed by atoms with Crippen molar-refractivity contribution in [3.8, 4) is 0 Å². The zero-order chi connectivity index (χ0) is 12.3. The lowest BCUT2D eigenvalue weighted by molar-refractivity contribution is -0.121. The van der Waals surface area contributed by atoms with E-state index in [4.69, 9.17) is 5.73 Å². The predicted molar refractivity (Wildman–Crippen MR) is 68.5 cm³/mol. The maximum Gasteiger partial charge on any atom is 0.221 e. The minimum atomic E-state index is -0.166. The van der Waals surface area contributed by atoms with Crippen LogP contribution >= 0.6 is 0 Å². The first-order chi connectivity index (χ1) is 8.16.